The maximum Gasteiger partial charge on any atom is 0.236 e. The minimum Gasteiger partial charge on any atom is -0.338 e. The molecule has 1 unspecified atom stereocenters. The lowest BCUT2D eigenvalue weighted by molar-refractivity contribution is -0.131. The molecule has 1 saturated carbocycles. The fourth-order valence-corrected chi connectivity index (χ4v) is 3.27. The highest BCUT2D eigenvalue weighted by molar-refractivity contribution is 7.91. The molecule has 0 heterocycles. The number of nitrogens with one attached hydrogen (secondary N) is 1. The topological polar surface area (TPSA) is 66.5 Å². The van der Waals surface area contributed by atoms with Gasteiger partial charge in [0.05, 0.1) is 12.3 Å². The van der Waals surface area contributed by atoms with Crippen LogP contribution < -0.4 is 5.32 Å². The van der Waals surface area contributed by atoms with Gasteiger partial charge in [0.15, 0.2) is 9.84 Å². The number of carbonyl (C=O) groups excluding carboxylic acids is 1. The molecular weight excluding hydrogens is 300 g/mol. The van der Waals surface area contributed by atoms with Gasteiger partial charge >= 0.3 is 0 Å². The van der Waals surface area contributed by atoms with Gasteiger partial charge in [0.2, 0.25) is 5.91 Å². The SMILES string of the molecule is CCN(C(=O)CNCC1CC1)C(C)CS(=O)(=O)CC.Cl. The summed E-state index contributed by atoms with van der Waals surface area (Å²) in [6, 6.07) is -0.259. The van der Waals surface area contributed by atoms with Crippen LogP contribution in [0, 0.1) is 5.92 Å². The van der Waals surface area contributed by atoms with Crippen LogP contribution in [0.25, 0.3) is 0 Å². The standard InChI is InChI=1S/C13H26N2O3S.ClH/c1-4-15(11(3)10-19(17,18)5-2)13(16)9-14-8-12-6-7-12;/h11-12,14H,4-10H2,1-3H3;1H. The molecular formula is C13H27ClN2O3S. The summed E-state index contributed by atoms with van der Waals surface area (Å²) >= 11 is 0. The molecule has 1 N–H and O–H groups in total. The largest absolute Gasteiger partial charge is 0.338 e. The maximum absolute atomic E-state index is 12.1. The van der Waals surface area contributed by atoms with Gasteiger partial charge in [0.25, 0.3) is 0 Å². The molecule has 1 rings (SSSR count). The number of hydrogen-bond donors (Lipinski definition) is 1. The van der Waals surface area contributed by atoms with E-state index in [1.807, 2.05) is 6.92 Å². The molecule has 120 valence electrons. The van der Waals surface area contributed by atoms with Gasteiger partial charge < -0.3 is 10.2 Å². The van der Waals surface area contributed by atoms with E-state index in [2.05, 4.69) is 5.32 Å². The molecule has 1 atom stereocenters. The lowest BCUT2D eigenvalue weighted by atomic mass is 10.3. The van der Waals surface area contributed by atoms with E-state index >= 15 is 0 Å². The van der Waals surface area contributed by atoms with Crippen molar-refractivity contribution in [1.82, 2.24) is 10.2 Å². The molecule has 0 spiro atoms. The van der Waals surface area contributed by atoms with E-state index in [4.69, 9.17) is 0 Å². The van der Waals surface area contributed by atoms with E-state index in [0.29, 0.717) is 13.1 Å². The Bertz CT molecular complexity index is 396. The van der Waals surface area contributed by atoms with Gasteiger partial charge in [-0.3, -0.25) is 4.79 Å². The normalized spacial score (nSPS) is 16.4. The Kier molecular flexibility index (Phi) is 8.70. The number of hydrogen-bond acceptors (Lipinski definition) is 4. The molecule has 0 aromatic rings. The molecule has 0 saturated heterocycles. The third-order valence-electron chi connectivity index (χ3n) is 3.53. The van der Waals surface area contributed by atoms with Crippen LogP contribution in [0.2, 0.25) is 0 Å². The van der Waals surface area contributed by atoms with E-state index in [1.165, 1.54) is 12.8 Å². The van der Waals surface area contributed by atoms with Crippen LogP contribution in [0.1, 0.15) is 33.6 Å². The van der Waals surface area contributed by atoms with Crippen LogP contribution in [-0.4, -0.2) is 56.4 Å². The molecule has 0 aliphatic heterocycles. The Hall–Kier alpha value is -0.330. The van der Waals surface area contributed by atoms with Crippen molar-refractivity contribution in [1.29, 1.82) is 0 Å². The first-order chi connectivity index (χ1) is 8.89. The second kappa shape index (κ2) is 8.85. The van der Waals surface area contributed by atoms with Crippen molar-refractivity contribution < 1.29 is 13.2 Å². The third kappa shape index (κ3) is 6.90. The van der Waals surface area contributed by atoms with Crippen LogP contribution in [0.4, 0.5) is 0 Å². The number of likely N-dealkylation sites (N-methyl/N-ethyl adjacent to an activating group) is 1. The Morgan fingerprint density at radius 2 is 1.95 bits per heavy atom. The van der Waals surface area contributed by atoms with Crippen molar-refractivity contribution >= 4 is 28.2 Å². The Morgan fingerprint density at radius 3 is 2.40 bits per heavy atom. The summed E-state index contributed by atoms with van der Waals surface area (Å²) < 4.78 is 23.2. The van der Waals surface area contributed by atoms with E-state index < -0.39 is 9.84 Å². The van der Waals surface area contributed by atoms with Crippen LogP contribution in [-0.2, 0) is 14.6 Å². The van der Waals surface area contributed by atoms with Crippen LogP contribution >= 0.6 is 12.4 Å². The number of nitrogens with zero attached hydrogens (tertiary/aromatic N) is 1. The molecule has 1 aliphatic rings. The fraction of sp³-hybridized carbons (Fsp3) is 0.923. The van der Waals surface area contributed by atoms with Crippen molar-refractivity contribution in [3.63, 3.8) is 0 Å². The zero-order valence-corrected chi connectivity index (χ0v) is 14.2. The highest BCUT2D eigenvalue weighted by atomic mass is 35.5. The Labute approximate surface area is 128 Å². The molecule has 1 amide bonds. The average molecular weight is 327 g/mol. The second-order valence-corrected chi connectivity index (χ2v) is 7.70. The first kappa shape index (κ1) is 19.7. The zero-order chi connectivity index (χ0) is 14.5. The fourth-order valence-electron chi connectivity index (χ4n) is 2.12. The average Bonchev–Trinajstić information content (AvgIpc) is 3.13. The summed E-state index contributed by atoms with van der Waals surface area (Å²) in [6.45, 7) is 7.07. The van der Waals surface area contributed by atoms with Gasteiger partial charge in [0.1, 0.15) is 0 Å². The summed E-state index contributed by atoms with van der Waals surface area (Å²) in [7, 11) is -3.05. The summed E-state index contributed by atoms with van der Waals surface area (Å²) in [5.41, 5.74) is 0. The summed E-state index contributed by atoms with van der Waals surface area (Å²) in [6.07, 6.45) is 2.51. The molecule has 0 radical (unpaired) electrons. The molecule has 1 aliphatic carbocycles. The van der Waals surface area contributed by atoms with Crippen LogP contribution in [0.5, 0.6) is 0 Å². The van der Waals surface area contributed by atoms with E-state index in [0.717, 1.165) is 12.5 Å². The smallest absolute Gasteiger partial charge is 0.236 e. The van der Waals surface area contributed by atoms with Crippen molar-refractivity contribution in [2.24, 2.45) is 5.92 Å². The quantitative estimate of drug-likeness (QED) is 0.688. The number of halogens is 1. The molecule has 5 nitrogen and oxygen atoms in total. The van der Waals surface area contributed by atoms with Gasteiger partial charge in [0, 0.05) is 18.3 Å². The number of carbonyl (C=O) groups is 1. The number of sulfone groups is 1. The lowest BCUT2D eigenvalue weighted by Gasteiger charge is -2.28. The highest BCUT2D eigenvalue weighted by Gasteiger charge is 2.24. The monoisotopic (exact) mass is 326 g/mol. The first-order valence-electron chi connectivity index (χ1n) is 7.10. The van der Waals surface area contributed by atoms with E-state index in [9.17, 15) is 13.2 Å². The number of rotatable bonds is 9. The van der Waals surface area contributed by atoms with E-state index in [-0.39, 0.29) is 35.9 Å². The summed E-state index contributed by atoms with van der Waals surface area (Å²) in [4.78, 5) is 13.7. The third-order valence-corrected chi connectivity index (χ3v) is 5.40. The maximum atomic E-state index is 12.1. The lowest BCUT2D eigenvalue weighted by Crippen LogP contribution is -2.46. The van der Waals surface area contributed by atoms with Crippen molar-refractivity contribution in [2.45, 2.75) is 39.7 Å². The van der Waals surface area contributed by atoms with E-state index in [1.54, 1.807) is 18.7 Å². The predicted octanol–water partition coefficient (Wildman–Crippen LogP) is 1.08. The first-order valence-corrected chi connectivity index (χ1v) is 8.92. The van der Waals surface area contributed by atoms with Gasteiger partial charge in [-0.1, -0.05) is 6.92 Å². The summed E-state index contributed by atoms with van der Waals surface area (Å²) in [5, 5.41) is 3.15. The molecule has 20 heavy (non-hydrogen) atoms. The van der Waals surface area contributed by atoms with Crippen molar-refractivity contribution in [3.05, 3.63) is 0 Å². The molecule has 7 heteroatoms. The Balaban J connectivity index is 0.00000361. The number of amides is 1. The minimum absolute atomic E-state index is 0. The molecule has 0 aromatic carbocycles. The summed E-state index contributed by atoms with van der Waals surface area (Å²) in [5.74, 6) is 0.900. The highest BCUT2D eigenvalue weighted by Crippen LogP contribution is 2.27. The van der Waals surface area contributed by atoms with Crippen molar-refractivity contribution in [2.75, 3.05) is 31.1 Å². The van der Waals surface area contributed by atoms with Gasteiger partial charge in [-0.15, -0.1) is 12.4 Å². The second-order valence-electron chi connectivity index (χ2n) is 5.30. The Morgan fingerprint density at radius 1 is 1.35 bits per heavy atom. The van der Waals surface area contributed by atoms with Gasteiger partial charge in [-0.05, 0) is 39.2 Å². The predicted molar refractivity (Wildman–Crippen MR) is 84.0 cm³/mol. The van der Waals surface area contributed by atoms with Crippen LogP contribution in [0.15, 0.2) is 0 Å². The van der Waals surface area contributed by atoms with Crippen LogP contribution in [0.3, 0.4) is 0 Å². The zero-order valence-electron chi connectivity index (χ0n) is 12.6. The van der Waals surface area contributed by atoms with Crippen molar-refractivity contribution in [3.8, 4) is 0 Å². The van der Waals surface area contributed by atoms with Gasteiger partial charge in [-0.2, -0.15) is 0 Å². The molecule has 1 fully saturated rings. The minimum atomic E-state index is -3.05. The van der Waals surface area contributed by atoms with Gasteiger partial charge in [-0.25, -0.2) is 8.42 Å². The molecule has 0 aromatic heterocycles. The molecule has 0 bridgehead atoms.